The van der Waals surface area contributed by atoms with Gasteiger partial charge in [0.05, 0.1) is 10.6 Å². The number of hydrogen-bond acceptors (Lipinski definition) is 2. The van der Waals surface area contributed by atoms with Gasteiger partial charge in [0.25, 0.3) is 5.91 Å². The highest BCUT2D eigenvalue weighted by Crippen LogP contribution is 2.28. The zero-order chi connectivity index (χ0) is 12.6. The summed E-state index contributed by atoms with van der Waals surface area (Å²) in [5, 5.41) is 0.352. The van der Waals surface area contributed by atoms with Crippen molar-refractivity contribution in [3.05, 3.63) is 33.3 Å². The SMILES string of the molecule is CC1CC(=O)N(C(=O)c2cccc(Br)c2Cl)C1. The predicted molar refractivity (Wildman–Crippen MR) is 69.0 cm³/mol. The highest BCUT2D eigenvalue weighted by molar-refractivity contribution is 9.10. The van der Waals surface area contributed by atoms with Crippen molar-refractivity contribution < 1.29 is 9.59 Å². The molecule has 17 heavy (non-hydrogen) atoms. The van der Waals surface area contributed by atoms with E-state index >= 15 is 0 Å². The van der Waals surface area contributed by atoms with Crippen LogP contribution < -0.4 is 0 Å². The normalized spacial score (nSPS) is 19.8. The van der Waals surface area contributed by atoms with E-state index in [9.17, 15) is 9.59 Å². The third-order valence-corrected chi connectivity index (χ3v) is 4.04. The van der Waals surface area contributed by atoms with E-state index in [1.807, 2.05) is 6.92 Å². The maximum atomic E-state index is 12.2. The van der Waals surface area contributed by atoms with Crippen molar-refractivity contribution in [3.8, 4) is 0 Å². The molecule has 0 aromatic heterocycles. The van der Waals surface area contributed by atoms with Crippen LogP contribution in [0.5, 0.6) is 0 Å². The van der Waals surface area contributed by atoms with Crippen LogP contribution in [-0.2, 0) is 4.79 Å². The molecule has 90 valence electrons. The van der Waals surface area contributed by atoms with Gasteiger partial charge in [-0.3, -0.25) is 14.5 Å². The molecule has 0 bridgehead atoms. The Hall–Kier alpha value is -0.870. The zero-order valence-electron chi connectivity index (χ0n) is 9.24. The summed E-state index contributed by atoms with van der Waals surface area (Å²) in [5.74, 6) is -0.221. The second-order valence-electron chi connectivity index (χ2n) is 4.22. The molecule has 2 amide bonds. The van der Waals surface area contributed by atoms with E-state index in [0.717, 1.165) is 0 Å². The smallest absolute Gasteiger partial charge is 0.262 e. The number of likely N-dealkylation sites (tertiary alicyclic amines) is 1. The number of amides is 2. The number of halogens is 2. The summed E-state index contributed by atoms with van der Waals surface area (Å²) in [5.41, 5.74) is 0.364. The van der Waals surface area contributed by atoms with Crippen molar-refractivity contribution in [1.29, 1.82) is 0 Å². The maximum absolute atomic E-state index is 12.2. The number of carbonyl (C=O) groups is 2. The van der Waals surface area contributed by atoms with Gasteiger partial charge in [-0.05, 0) is 34.0 Å². The standard InChI is InChI=1S/C12H11BrClNO2/c1-7-5-10(16)15(6-7)12(17)8-3-2-4-9(13)11(8)14/h2-4,7H,5-6H2,1H3. The van der Waals surface area contributed by atoms with Crippen molar-refractivity contribution in [3.63, 3.8) is 0 Å². The molecule has 1 aromatic rings. The molecule has 1 heterocycles. The number of carbonyl (C=O) groups excluding carboxylic acids is 2. The minimum Gasteiger partial charge on any atom is -0.278 e. The first-order valence-electron chi connectivity index (χ1n) is 5.29. The lowest BCUT2D eigenvalue weighted by molar-refractivity contribution is -0.125. The van der Waals surface area contributed by atoms with Gasteiger partial charge in [0.1, 0.15) is 0 Å². The number of hydrogen-bond donors (Lipinski definition) is 0. The highest BCUT2D eigenvalue weighted by Gasteiger charge is 2.32. The first-order chi connectivity index (χ1) is 8.00. The minimum atomic E-state index is -0.314. The van der Waals surface area contributed by atoms with Crippen LogP contribution in [0.15, 0.2) is 22.7 Å². The molecule has 0 spiro atoms. The summed E-state index contributed by atoms with van der Waals surface area (Å²) in [7, 11) is 0. The van der Waals surface area contributed by atoms with Crippen molar-refractivity contribution >= 4 is 39.3 Å². The summed E-state index contributed by atoms with van der Waals surface area (Å²) in [6.45, 7) is 2.42. The van der Waals surface area contributed by atoms with E-state index in [1.54, 1.807) is 18.2 Å². The quantitative estimate of drug-likeness (QED) is 0.747. The molecule has 2 rings (SSSR count). The Morgan fingerprint density at radius 1 is 1.53 bits per heavy atom. The molecule has 1 saturated heterocycles. The van der Waals surface area contributed by atoms with E-state index < -0.39 is 0 Å². The average Bonchev–Trinajstić information content (AvgIpc) is 2.61. The lowest BCUT2D eigenvalue weighted by atomic mass is 10.2. The average molecular weight is 317 g/mol. The molecule has 1 fully saturated rings. The molecule has 0 N–H and O–H groups in total. The molecule has 0 saturated carbocycles. The van der Waals surface area contributed by atoms with E-state index in [-0.39, 0.29) is 17.7 Å². The zero-order valence-corrected chi connectivity index (χ0v) is 11.6. The highest BCUT2D eigenvalue weighted by atomic mass is 79.9. The summed E-state index contributed by atoms with van der Waals surface area (Å²) >= 11 is 9.31. The molecular weight excluding hydrogens is 305 g/mol. The first kappa shape index (κ1) is 12.6. The molecule has 1 aliphatic rings. The largest absolute Gasteiger partial charge is 0.278 e. The molecule has 5 heteroatoms. The Morgan fingerprint density at radius 3 is 2.82 bits per heavy atom. The first-order valence-corrected chi connectivity index (χ1v) is 6.46. The van der Waals surface area contributed by atoms with E-state index in [1.165, 1.54) is 4.90 Å². The number of imide groups is 1. The summed E-state index contributed by atoms with van der Waals surface area (Å²) in [6.07, 6.45) is 0.428. The molecule has 3 nitrogen and oxygen atoms in total. The molecule has 1 unspecified atom stereocenters. The number of rotatable bonds is 1. The third kappa shape index (κ3) is 2.38. The van der Waals surface area contributed by atoms with Gasteiger partial charge < -0.3 is 0 Å². The summed E-state index contributed by atoms with van der Waals surface area (Å²) in [4.78, 5) is 25.1. The van der Waals surface area contributed by atoms with Crippen molar-refractivity contribution in [2.45, 2.75) is 13.3 Å². The van der Waals surface area contributed by atoms with Crippen molar-refractivity contribution in [2.24, 2.45) is 5.92 Å². The van der Waals surface area contributed by atoms with Crippen LogP contribution in [0.3, 0.4) is 0 Å². The van der Waals surface area contributed by atoms with Crippen LogP contribution in [0.1, 0.15) is 23.7 Å². The molecule has 0 radical (unpaired) electrons. The van der Waals surface area contributed by atoms with E-state index in [4.69, 9.17) is 11.6 Å². The second-order valence-corrected chi connectivity index (χ2v) is 5.45. The van der Waals surface area contributed by atoms with Crippen LogP contribution >= 0.6 is 27.5 Å². The fourth-order valence-corrected chi connectivity index (χ4v) is 2.47. The van der Waals surface area contributed by atoms with Gasteiger partial charge in [0.15, 0.2) is 0 Å². The maximum Gasteiger partial charge on any atom is 0.262 e. The third-order valence-electron chi connectivity index (χ3n) is 2.75. The van der Waals surface area contributed by atoms with E-state index in [2.05, 4.69) is 15.9 Å². The minimum absolute atomic E-state index is 0.126. The Labute approximate surface area is 113 Å². The van der Waals surface area contributed by atoms with Crippen molar-refractivity contribution in [1.82, 2.24) is 4.90 Å². The van der Waals surface area contributed by atoms with Crippen LogP contribution in [0.4, 0.5) is 0 Å². The molecular formula is C12H11BrClNO2. The Balaban J connectivity index is 2.32. The summed E-state index contributed by atoms with van der Waals surface area (Å²) in [6, 6.07) is 5.12. The summed E-state index contributed by atoms with van der Waals surface area (Å²) < 4.78 is 0.657. The van der Waals surface area contributed by atoms with Crippen LogP contribution in [-0.4, -0.2) is 23.3 Å². The monoisotopic (exact) mass is 315 g/mol. The molecule has 0 aliphatic carbocycles. The topological polar surface area (TPSA) is 37.4 Å². The lowest BCUT2D eigenvalue weighted by Crippen LogP contribution is -2.32. The number of nitrogens with zero attached hydrogens (tertiary/aromatic N) is 1. The molecule has 1 aromatic carbocycles. The lowest BCUT2D eigenvalue weighted by Gasteiger charge is -2.15. The van der Waals surface area contributed by atoms with Crippen molar-refractivity contribution in [2.75, 3.05) is 6.54 Å². The fraction of sp³-hybridized carbons (Fsp3) is 0.333. The van der Waals surface area contributed by atoms with E-state index in [0.29, 0.717) is 28.0 Å². The van der Waals surface area contributed by atoms with Crippen LogP contribution in [0.2, 0.25) is 5.02 Å². The van der Waals surface area contributed by atoms with Crippen LogP contribution in [0.25, 0.3) is 0 Å². The van der Waals surface area contributed by atoms with Gasteiger partial charge in [-0.25, -0.2) is 0 Å². The number of benzene rings is 1. The predicted octanol–water partition coefficient (Wildman–Crippen LogP) is 3.11. The molecule has 1 atom stereocenters. The van der Waals surface area contributed by atoms with Gasteiger partial charge in [-0.1, -0.05) is 24.6 Å². The Bertz CT molecular complexity index is 489. The van der Waals surface area contributed by atoms with Gasteiger partial charge in [-0.15, -0.1) is 0 Å². The van der Waals surface area contributed by atoms with Gasteiger partial charge in [-0.2, -0.15) is 0 Å². The second kappa shape index (κ2) is 4.78. The van der Waals surface area contributed by atoms with Gasteiger partial charge in [0, 0.05) is 17.4 Å². The van der Waals surface area contributed by atoms with Gasteiger partial charge in [0.2, 0.25) is 5.91 Å². The fourth-order valence-electron chi connectivity index (χ4n) is 1.90. The van der Waals surface area contributed by atoms with Gasteiger partial charge >= 0.3 is 0 Å². The van der Waals surface area contributed by atoms with Crippen LogP contribution in [0, 0.1) is 5.92 Å². The molecule has 1 aliphatic heterocycles. The Kier molecular flexibility index (Phi) is 3.54. The Morgan fingerprint density at radius 2 is 2.24 bits per heavy atom.